The van der Waals surface area contributed by atoms with Crippen LogP contribution in [0.5, 0.6) is 0 Å². The van der Waals surface area contributed by atoms with Gasteiger partial charge in [-0.05, 0) is 24.1 Å². The first kappa shape index (κ1) is 9.71. The number of methoxy groups -OCH3 is 1. The number of carbonyl (C=O) groups excluding carboxylic acids is 2. The average molecular weight is 205 g/mol. The highest BCUT2D eigenvalue weighted by Crippen LogP contribution is 2.26. The molecule has 0 fully saturated rings. The fourth-order valence-electron chi connectivity index (χ4n) is 1.73. The number of hydrogen-bond acceptors (Lipinski definition) is 3. The van der Waals surface area contributed by atoms with Gasteiger partial charge in [0.25, 0.3) is 0 Å². The third-order valence-corrected chi connectivity index (χ3v) is 2.48. The average Bonchev–Trinajstić information content (AvgIpc) is 2.55. The monoisotopic (exact) mass is 205 g/mol. The van der Waals surface area contributed by atoms with Crippen LogP contribution in [0.25, 0.3) is 0 Å². The molecular weight excluding hydrogens is 194 g/mol. The van der Waals surface area contributed by atoms with E-state index >= 15 is 0 Å². The van der Waals surface area contributed by atoms with Crippen LogP contribution in [0.3, 0.4) is 0 Å². The number of aryl methyl sites for hydroxylation is 1. The summed E-state index contributed by atoms with van der Waals surface area (Å²) in [4.78, 5) is 22.5. The van der Waals surface area contributed by atoms with Gasteiger partial charge < -0.3 is 10.1 Å². The van der Waals surface area contributed by atoms with Gasteiger partial charge in [0.1, 0.15) is 0 Å². The van der Waals surface area contributed by atoms with Crippen molar-refractivity contribution in [1.82, 2.24) is 0 Å². The number of anilines is 1. The van der Waals surface area contributed by atoms with Gasteiger partial charge in [-0.2, -0.15) is 0 Å². The van der Waals surface area contributed by atoms with Crippen molar-refractivity contribution in [3.63, 3.8) is 0 Å². The number of carbonyl (C=O) groups is 2. The van der Waals surface area contributed by atoms with Crippen molar-refractivity contribution in [3.05, 3.63) is 28.8 Å². The van der Waals surface area contributed by atoms with Crippen LogP contribution in [-0.4, -0.2) is 19.0 Å². The predicted octanol–water partition coefficient (Wildman–Crippen LogP) is 1.28. The smallest absolute Gasteiger partial charge is 0.338 e. The molecule has 4 nitrogen and oxygen atoms in total. The number of benzene rings is 1. The Morgan fingerprint density at radius 3 is 2.87 bits per heavy atom. The molecule has 1 N–H and O–H groups in total. The number of esters is 1. The molecule has 1 aliphatic heterocycles. The standard InChI is InChI=1S/C11H11NO3/c1-6-3-7-4-10(13)12-9(7)5-8(6)11(14)15-2/h3,5H,4H2,1-2H3,(H,12,13). The first-order valence-corrected chi connectivity index (χ1v) is 4.63. The van der Waals surface area contributed by atoms with Crippen LogP contribution < -0.4 is 5.32 Å². The summed E-state index contributed by atoms with van der Waals surface area (Å²) in [6.45, 7) is 1.83. The van der Waals surface area contributed by atoms with Crippen molar-refractivity contribution in [1.29, 1.82) is 0 Å². The number of rotatable bonds is 1. The highest BCUT2D eigenvalue weighted by molar-refractivity contribution is 6.01. The Morgan fingerprint density at radius 1 is 1.47 bits per heavy atom. The molecule has 1 heterocycles. The van der Waals surface area contributed by atoms with E-state index in [0.717, 1.165) is 11.1 Å². The molecule has 0 saturated heterocycles. The summed E-state index contributed by atoms with van der Waals surface area (Å²) in [5.41, 5.74) is 2.98. The molecular formula is C11H11NO3. The van der Waals surface area contributed by atoms with Crippen LogP contribution in [0.1, 0.15) is 21.5 Å². The molecule has 78 valence electrons. The zero-order valence-corrected chi connectivity index (χ0v) is 8.59. The van der Waals surface area contributed by atoms with Crippen LogP contribution >= 0.6 is 0 Å². The first-order valence-electron chi connectivity index (χ1n) is 4.63. The Bertz CT molecular complexity index is 451. The molecule has 1 aliphatic rings. The van der Waals surface area contributed by atoms with E-state index < -0.39 is 0 Å². The minimum absolute atomic E-state index is 0.0357. The van der Waals surface area contributed by atoms with Crippen molar-refractivity contribution in [3.8, 4) is 0 Å². The maximum Gasteiger partial charge on any atom is 0.338 e. The quantitative estimate of drug-likeness (QED) is 0.702. The normalized spacial score (nSPS) is 13.3. The van der Waals surface area contributed by atoms with Gasteiger partial charge in [-0.15, -0.1) is 0 Å². The van der Waals surface area contributed by atoms with Crippen LogP contribution in [0.15, 0.2) is 12.1 Å². The molecule has 1 aromatic rings. The Kier molecular flexibility index (Phi) is 2.19. The molecule has 15 heavy (non-hydrogen) atoms. The Morgan fingerprint density at radius 2 is 2.20 bits per heavy atom. The van der Waals surface area contributed by atoms with Gasteiger partial charge in [0.15, 0.2) is 0 Å². The van der Waals surface area contributed by atoms with E-state index in [-0.39, 0.29) is 11.9 Å². The van der Waals surface area contributed by atoms with Gasteiger partial charge in [-0.1, -0.05) is 6.07 Å². The maximum absolute atomic E-state index is 11.4. The van der Waals surface area contributed by atoms with Crippen LogP contribution in [-0.2, 0) is 16.0 Å². The van der Waals surface area contributed by atoms with E-state index in [0.29, 0.717) is 17.7 Å². The SMILES string of the molecule is COC(=O)c1cc2c(cc1C)CC(=O)N2. The van der Waals surface area contributed by atoms with Gasteiger partial charge in [0, 0.05) is 5.69 Å². The van der Waals surface area contributed by atoms with Crippen molar-refractivity contribution in [2.45, 2.75) is 13.3 Å². The number of nitrogens with one attached hydrogen (secondary N) is 1. The Labute approximate surface area is 87.2 Å². The van der Waals surface area contributed by atoms with E-state index in [1.807, 2.05) is 13.0 Å². The van der Waals surface area contributed by atoms with Gasteiger partial charge in [0.2, 0.25) is 5.91 Å². The molecule has 0 aromatic heterocycles. The molecule has 0 unspecified atom stereocenters. The van der Waals surface area contributed by atoms with Gasteiger partial charge >= 0.3 is 5.97 Å². The molecule has 0 spiro atoms. The number of amides is 1. The minimum Gasteiger partial charge on any atom is -0.465 e. The fraction of sp³-hybridized carbons (Fsp3) is 0.273. The molecule has 1 amide bonds. The second kappa shape index (κ2) is 3.38. The van der Waals surface area contributed by atoms with Crippen molar-refractivity contribution >= 4 is 17.6 Å². The summed E-state index contributed by atoms with van der Waals surface area (Å²) >= 11 is 0. The molecule has 4 heteroatoms. The fourth-order valence-corrected chi connectivity index (χ4v) is 1.73. The van der Waals surface area contributed by atoms with Crippen LogP contribution in [0.4, 0.5) is 5.69 Å². The van der Waals surface area contributed by atoms with Crippen molar-refractivity contribution < 1.29 is 14.3 Å². The molecule has 0 radical (unpaired) electrons. The third-order valence-electron chi connectivity index (χ3n) is 2.48. The van der Waals surface area contributed by atoms with E-state index in [1.165, 1.54) is 7.11 Å². The lowest BCUT2D eigenvalue weighted by atomic mass is 10.0. The second-order valence-corrected chi connectivity index (χ2v) is 3.54. The molecule has 0 atom stereocenters. The number of hydrogen-bond donors (Lipinski definition) is 1. The summed E-state index contributed by atoms with van der Waals surface area (Å²) in [5, 5.41) is 2.70. The maximum atomic E-state index is 11.4. The molecule has 0 saturated carbocycles. The largest absolute Gasteiger partial charge is 0.465 e. The summed E-state index contributed by atoms with van der Waals surface area (Å²) in [6, 6.07) is 3.51. The lowest BCUT2D eigenvalue weighted by Crippen LogP contribution is -2.05. The van der Waals surface area contributed by atoms with Gasteiger partial charge in [0.05, 0.1) is 19.1 Å². The number of fused-ring (bicyclic) bond motifs is 1. The van der Waals surface area contributed by atoms with E-state index in [4.69, 9.17) is 0 Å². The first-order chi connectivity index (χ1) is 7.11. The second-order valence-electron chi connectivity index (χ2n) is 3.54. The van der Waals surface area contributed by atoms with Crippen molar-refractivity contribution in [2.24, 2.45) is 0 Å². The third kappa shape index (κ3) is 1.58. The highest BCUT2D eigenvalue weighted by atomic mass is 16.5. The van der Waals surface area contributed by atoms with E-state index in [1.54, 1.807) is 6.07 Å². The van der Waals surface area contributed by atoms with Crippen LogP contribution in [0, 0.1) is 6.92 Å². The highest BCUT2D eigenvalue weighted by Gasteiger charge is 2.21. The molecule has 1 aromatic carbocycles. The zero-order chi connectivity index (χ0) is 11.0. The van der Waals surface area contributed by atoms with E-state index in [2.05, 4.69) is 10.1 Å². The van der Waals surface area contributed by atoms with Gasteiger partial charge in [-0.25, -0.2) is 4.79 Å². The Balaban J connectivity index is 2.48. The lowest BCUT2D eigenvalue weighted by molar-refractivity contribution is -0.115. The van der Waals surface area contributed by atoms with Crippen molar-refractivity contribution in [2.75, 3.05) is 12.4 Å². The Hall–Kier alpha value is -1.84. The zero-order valence-electron chi connectivity index (χ0n) is 8.59. The topological polar surface area (TPSA) is 55.4 Å². The molecule has 2 rings (SSSR count). The number of ether oxygens (including phenoxy) is 1. The lowest BCUT2D eigenvalue weighted by Gasteiger charge is -2.06. The predicted molar refractivity (Wildman–Crippen MR) is 54.9 cm³/mol. The minimum atomic E-state index is -0.378. The van der Waals surface area contributed by atoms with Crippen LogP contribution in [0.2, 0.25) is 0 Å². The summed E-state index contributed by atoms with van der Waals surface area (Å²) in [6.07, 6.45) is 0.387. The molecule has 0 bridgehead atoms. The summed E-state index contributed by atoms with van der Waals surface area (Å²) < 4.78 is 4.65. The summed E-state index contributed by atoms with van der Waals surface area (Å²) in [5.74, 6) is -0.414. The molecule has 0 aliphatic carbocycles. The van der Waals surface area contributed by atoms with Gasteiger partial charge in [-0.3, -0.25) is 4.79 Å². The summed E-state index contributed by atoms with van der Waals surface area (Å²) in [7, 11) is 1.34. The van der Waals surface area contributed by atoms with E-state index in [9.17, 15) is 9.59 Å².